The van der Waals surface area contributed by atoms with Crippen molar-refractivity contribution in [3.8, 4) is 5.75 Å². The van der Waals surface area contributed by atoms with E-state index in [0.717, 1.165) is 5.01 Å². The zero-order chi connectivity index (χ0) is 18.3. The van der Waals surface area contributed by atoms with Crippen molar-refractivity contribution < 1.29 is 29.0 Å². The molecule has 0 spiro atoms. The molecule has 0 saturated heterocycles. The third kappa shape index (κ3) is 6.99. The SMILES string of the molecule is COc1ccc(N(CC(=O)O)NC(=O)OC(=O)CC(C)(C)C)cc1. The minimum Gasteiger partial charge on any atom is -0.497 e. The molecule has 0 aliphatic heterocycles. The fourth-order valence-corrected chi connectivity index (χ4v) is 1.80. The lowest BCUT2D eigenvalue weighted by Gasteiger charge is -2.23. The zero-order valence-electron chi connectivity index (χ0n) is 14.2. The number of amides is 1. The first-order valence-corrected chi connectivity index (χ1v) is 7.25. The van der Waals surface area contributed by atoms with E-state index < -0.39 is 24.6 Å². The lowest BCUT2D eigenvalue weighted by atomic mass is 9.93. The summed E-state index contributed by atoms with van der Waals surface area (Å²) in [4.78, 5) is 34.4. The van der Waals surface area contributed by atoms with Crippen molar-refractivity contribution in [3.05, 3.63) is 24.3 Å². The molecule has 1 aromatic carbocycles. The summed E-state index contributed by atoms with van der Waals surface area (Å²) in [6.45, 7) is 5.00. The standard InChI is InChI=1S/C16H22N2O6/c1-16(2,3)9-14(21)24-15(22)17-18(10-13(19)20)11-5-7-12(23-4)8-6-11/h5-8H,9-10H2,1-4H3,(H,17,22)(H,19,20). The van der Waals surface area contributed by atoms with Crippen LogP contribution in [0.25, 0.3) is 0 Å². The van der Waals surface area contributed by atoms with Gasteiger partial charge in [0.15, 0.2) is 0 Å². The van der Waals surface area contributed by atoms with Crippen molar-refractivity contribution in [3.63, 3.8) is 0 Å². The normalized spacial score (nSPS) is 10.7. The fraction of sp³-hybridized carbons (Fsp3) is 0.438. The van der Waals surface area contributed by atoms with Gasteiger partial charge in [0.25, 0.3) is 0 Å². The Morgan fingerprint density at radius 1 is 1.17 bits per heavy atom. The molecule has 0 aliphatic rings. The molecule has 0 radical (unpaired) electrons. The number of benzene rings is 1. The van der Waals surface area contributed by atoms with E-state index in [1.165, 1.54) is 7.11 Å². The Morgan fingerprint density at radius 3 is 2.21 bits per heavy atom. The first kappa shape index (κ1) is 19.3. The molecule has 0 aromatic heterocycles. The maximum absolute atomic E-state index is 11.8. The quantitative estimate of drug-likeness (QED) is 0.465. The number of ether oxygens (including phenoxy) is 2. The molecule has 2 N–H and O–H groups in total. The number of carboxylic acids is 1. The molecule has 24 heavy (non-hydrogen) atoms. The van der Waals surface area contributed by atoms with Gasteiger partial charge in [0, 0.05) is 0 Å². The molecule has 1 aromatic rings. The summed E-state index contributed by atoms with van der Waals surface area (Å²) in [6, 6.07) is 6.36. The highest BCUT2D eigenvalue weighted by atomic mass is 16.6. The molecule has 1 amide bonds. The maximum atomic E-state index is 11.8. The van der Waals surface area contributed by atoms with Crippen LogP contribution in [0.3, 0.4) is 0 Å². The summed E-state index contributed by atoms with van der Waals surface area (Å²) >= 11 is 0. The first-order valence-electron chi connectivity index (χ1n) is 7.25. The number of esters is 1. The van der Waals surface area contributed by atoms with Crippen LogP contribution >= 0.6 is 0 Å². The number of nitrogens with one attached hydrogen (secondary N) is 1. The van der Waals surface area contributed by atoms with Gasteiger partial charge in [-0.15, -0.1) is 0 Å². The molecule has 0 aliphatic carbocycles. The van der Waals surface area contributed by atoms with Crippen LogP contribution in [0.1, 0.15) is 27.2 Å². The average molecular weight is 338 g/mol. The first-order chi connectivity index (χ1) is 11.1. The molecular weight excluding hydrogens is 316 g/mol. The third-order valence-corrected chi connectivity index (χ3v) is 2.78. The van der Waals surface area contributed by atoms with E-state index in [0.29, 0.717) is 11.4 Å². The smallest absolute Gasteiger partial charge is 0.433 e. The fourth-order valence-electron chi connectivity index (χ4n) is 1.80. The van der Waals surface area contributed by atoms with Gasteiger partial charge in [0.1, 0.15) is 12.3 Å². The van der Waals surface area contributed by atoms with Crippen LogP contribution in [-0.2, 0) is 14.3 Å². The number of hydrogen-bond acceptors (Lipinski definition) is 6. The number of hydrogen-bond donors (Lipinski definition) is 2. The number of carboxylic acid groups (broad SMARTS) is 1. The van der Waals surface area contributed by atoms with E-state index >= 15 is 0 Å². The van der Waals surface area contributed by atoms with Gasteiger partial charge < -0.3 is 14.6 Å². The second-order valence-electron chi connectivity index (χ2n) is 6.29. The number of aliphatic carboxylic acids is 1. The Morgan fingerprint density at radius 2 is 1.75 bits per heavy atom. The summed E-state index contributed by atoms with van der Waals surface area (Å²) in [6.07, 6.45) is -0.983. The van der Waals surface area contributed by atoms with Gasteiger partial charge in [0.05, 0.1) is 19.2 Å². The molecule has 0 unspecified atom stereocenters. The van der Waals surface area contributed by atoms with Crippen LogP contribution in [0.2, 0.25) is 0 Å². The predicted octanol–water partition coefficient (Wildman–Crippen LogP) is 2.19. The Labute approximate surface area is 140 Å². The highest BCUT2D eigenvalue weighted by molar-refractivity contribution is 5.86. The van der Waals surface area contributed by atoms with Crippen LogP contribution < -0.4 is 15.2 Å². The number of hydrazine groups is 1. The van der Waals surface area contributed by atoms with Gasteiger partial charge >= 0.3 is 18.0 Å². The Kier molecular flexibility index (Phi) is 6.58. The van der Waals surface area contributed by atoms with Crippen LogP contribution in [0.5, 0.6) is 5.75 Å². The van der Waals surface area contributed by atoms with Gasteiger partial charge in [-0.25, -0.2) is 10.2 Å². The Hall–Kier alpha value is -2.77. The lowest BCUT2D eigenvalue weighted by molar-refractivity contribution is -0.139. The minimum absolute atomic E-state index is 0.0574. The molecular formula is C16H22N2O6. The van der Waals surface area contributed by atoms with E-state index in [9.17, 15) is 14.4 Å². The molecule has 0 saturated carbocycles. The molecule has 0 atom stereocenters. The van der Waals surface area contributed by atoms with Crippen LogP contribution in [-0.4, -0.2) is 36.8 Å². The summed E-state index contributed by atoms with van der Waals surface area (Å²) in [7, 11) is 1.50. The largest absolute Gasteiger partial charge is 0.497 e. The summed E-state index contributed by atoms with van der Waals surface area (Å²) < 4.78 is 9.68. The maximum Gasteiger partial charge on any atom is 0.433 e. The number of carbonyl (C=O) groups excluding carboxylic acids is 2. The predicted molar refractivity (Wildman–Crippen MR) is 86.7 cm³/mol. The Bertz CT molecular complexity index is 592. The molecule has 0 bridgehead atoms. The van der Waals surface area contributed by atoms with E-state index in [2.05, 4.69) is 10.2 Å². The van der Waals surface area contributed by atoms with Crippen molar-refractivity contribution >= 4 is 23.7 Å². The summed E-state index contributed by atoms with van der Waals surface area (Å²) in [5, 5.41) is 10.0. The topological polar surface area (TPSA) is 105 Å². The lowest BCUT2D eigenvalue weighted by Crippen LogP contribution is -2.46. The number of anilines is 1. The van der Waals surface area contributed by atoms with Gasteiger partial charge in [-0.3, -0.25) is 14.6 Å². The van der Waals surface area contributed by atoms with E-state index in [1.54, 1.807) is 24.3 Å². The number of nitrogens with zero attached hydrogens (tertiary/aromatic N) is 1. The molecule has 0 fully saturated rings. The molecule has 0 heterocycles. The monoisotopic (exact) mass is 338 g/mol. The average Bonchev–Trinajstić information content (AvgIpc) is 2.44. The minimum atomic E-state index is -1.16. The van der Waals surface area contributed by atoms with Gasteiger partial charge in [-0.05, 0) is 29.7 Å². The number of methoxy groups -OCH3 is 1. The zero-order valence-corrected chi connectivity index (χ0v) is 14.2. The van der Waals surface area contributed by atoms with E-state index in [-0.39, 0.29) is 11.8 Å². The van der Waals surface area contributed by atoms with Crippen LogP contribution in [0, 0.1) is 5.41 Å². The van der Waals surface area contributed by atoms with Crippen LogP contribution in [0.15, 0.2) is 24.3 Å². The number of carbonyl (C=O) groups is 3. The van der Waals surface area contributed by atoms with E-state index in [4.69, 9.17) is 9.84 Å². The van der Waals surface area contributed by atoms with Crippen molar-refractivity contribution in [1.29, 1.82) is 0 Å². The highest BCUT2D eigenvalue weighted by Crippen LogP contribution is 2.20. The third-order valence-electron chi connectivity index (χ3n) is 2.78. The summed E-state index contributed by atoms with van der Waals surface area (Å²) in [5.74, 6) is -1.27. The highest BCUT2D eigenvalue weighted by Gasteiger charge is 2.21. The van der Waals surface area contributed by atoms with Crippen molar-refractivity contribution in [1.82, 2.24) is 5.43 Å². The summed E-state index contributed by atoms with van der Waals surface area (Å²) in [5.41, 5.74) is 2.32. The van der Waals surface area contributed by atoms with Gasteiger partial charge in [-0.2, -0.15) is 0 Å². The van der Waals surface area contributed by atoms with Crippen molar-refractivity contribution in [2.75, 3.05) is 18.7 Å². The molecule has 1 rings (SSSR count). The van der Waals surface area contributed by atoms with Gasteiger partial charge in [-0.1, -0.05) is 20.8 Å². The molecule has 132 valence electrons. The van der Waals surface area contributed by atoms with Gasteiger partial charge in [0.2, 0.25) is 0 Å². The van der Waals surface area contributed by atoms with E-state index in [1.807, 2.05) is 20.8 Å². The molecule has 8 heteroatoms. The molecule has 8 nitrogen and oxygen atoms in total. The second kappa shape index (κ2) is 8.19. The van der Waals surface area contributed by atoms with Crippen LogP contribution in [0.4, 0.5) is 10.5 Å². The second-order valence-corrected chi connectivity index (χ2v) is 6.29. The Balaban J connectivity index is 2.76. The van der Waals surface area contributed by atoms with Crippen molar-refractivity contribution in [2.45, 2.75) is 27.2 Å². The number of rotatable bonds is 6. The van der Waals surface area contributed by atoms with Crippen molar-refractivity contribution in [2.24, 2.45) is 5.41 Å².